The maximum atomic E-state index is 13.0. The van der Waals surface area contributed by atoms with Gasteiger partial charge in [0.05, 0.1) is 11.1 Å². The van der Waals surface area contributed by atoms with Gasteiger partial charge in [-0.25, -0.2) is 4.98 Å². The van der Waals surface area contributed by atoms with Gasteiger partial charge in [0.25, 0.3) is 5.91 Å². The van der Waals surface area contributed by atoms with Gasteiger partial charge in [0.2, 0.25) is 0 Å². The number of pyridine rings is 1. The number of anilines is 1. The molecule has 0 radical (unpaired) electrons. The Labute approximate surface area is 172 Å². The molecular formula is C24H28N4O. The average molecular weight is 389 g/mol. The molecule has 4 rings (SSSR count). The smallest absolute Gasteiger partial charge is 0.255 e. The van der Waals surface area contributed by atoms with Crippen molar-refractivity contribution in [3.8, 4) is 0 Å². The van der Waals surface area contributed by atoms with Crippen molar-refractivity contribution in [2.24, 2.45) is 0 Å². The van der Waals surface area contributed by atoms with Gasteiger partial charge in [0, 0.05) is 38.1 Å². The van der Waals surface area contributed by atoms with E-state index in [0.717, 1.165) is 55.7 Å². The lowest BCUT2D eigenvalue weighted by Gasteiger charge is -2.21. The Balaban J connectivity index is 1.44. The quantitative estimate of drug-likeness (QED) is 0.671. The Hall–Kier alpha value is -2.92. The lowest BCUT2D eigenvalue weighted by Crippen LogP contribution is -2.34. The fourth-order valence-corrected chi connectivity index (χ4v) is 3.87. The molecule has 29 heavy (non-hydrogen) atoms. The highest BCUT2D eigenvalue weighted by atomic mass is 16.1. The molecule has 0 bridgehead atoms. The van der Waals surface area contributed by atoms with E-state index in [0.29, 0.717) is 12.1 Å². The summed E-state index contributed by atoms with van der Waals surface area (Å²) in [5.41, 5.74) is 2.89. The minimum absolute atomic E-state index is 0.0433. The molecule has 1 aliphatic heterocycles. The van der Waals surface area contributed by atoms with Crippen LogP contribution < -0.4 is 10.2 Å². The third kappa shape index (κ3) is 4.74. The minimum Gasteiger partial charge on any atom is -0.356 e. The van der Waals surface area contributed by atoms with E-state index in [1.807, 2.05) is 36.4 Å². The highest BCUT2D eigenvalue weighted by molar-refractivity contribution is 6.02. The molecule has 0 unspecified atom stereocenters. The van der Waals surface area contributed by atoms with Crippen molar-refractivity contribution < 1.29 is 4.79 Å². The first-order valence-electron chi connectivity index (χ1n) is 10.4. The number of likely N-dealkylation sites (N-methyl/N-ethyl adjacent to an activating group) is 1. The number of hydrogen-bond acceptors (Lipinski definition) is 4. The summed E-state index contributed by atoms with van der Waals surface area (Å²) < 4.78 is 0. The van der Waals surface area contributed by atoms with E-state index in [9.17, 15) is 4.79 Å². The van der Waals surface area contributed by atoms with Gasteiger partial charge in [-0.15, -0.1) is 0 Å². The normalized spacial score (nSPS) is 13.9. The number of rotatable bonds is 7. The topological polar surface area (TPSA) is 48.5 Å². The van der Waals surface area contributed by atoms with Crippen molar-refractivity contribution >= 4 is 22.6 Å². The summed E-state index contributed by atoms with van der Waals surface area (Å²) >= 11 is 0. The number of aromatic nitrogens is 1. The van der Waals surface area contributed by atoms with Crippen molar-refractivity contribution in [2.45, 2.75) is 19.4 Å². The molecule has 0 atom stereocenters. The predicted molar refractivity (Wildman–Crippen MR) is 118 cm³/mol. The molecule has 5 nitrogen and oxygen atoms in total. The van der Waals surface area contributed by atoms with Crippen molar-refractivity contribution in [1.29, 1.82) is 0 Å². The number of nitrogens with zero attached hydrogens (tertiary/aromatic N) is 3. The van der Waals surface area contributed by atoms with Gasteiger partial charge >= 0.3 is 0 Å². The first-order chi connectivity index (χ1) is 14.2. The fraction of sp³-hybridized carbons (Fsp3) is 0.333. The molecular weight excluding hydrogens is 360 g/mol. The standard InChI is InChI=1S/C24H28N4O/c1-27(18-19-9-3-2-4-10-19)16-13-25-24(29)21-17-20-11-5-6-12-22(20)26-23(21)28-14-7-8-15-28/h2-6,9-12,17H,7-8,13-16,18H2,1H3,(H,25,29). The average Bonchev–Trinajstić information content (AvgIpc) is 3.28. The molecule has 3 aromatic rings. The van der Waals surface area contributed by atoms with Crippen LogP contribution in [-0.4, -0.2) is 49.0 Å². The molecule has 1 amide bonds. The second-order valence-electron chi connectivity index (χ2n) is 7.73. The zero-order valence-electron chi connectivity index (χ0n) is 17.0. The number of carbonyl (C=O) groups excluding carboxylic acids is 1. The summed E-state index contributed by atoms with van der Waals surface area (Å²) in [5.74, 6) is 0.773. The van der Waals surface area contributed by atoms with Crippen LogP contribution in [-0.2, 0) is 6.54 Å². The highest BCUT2D eigenvalue weighted by Crippen LogP contribution is 2.26. The largest absolute Gasteiger partial charge is 0.356 e. The molecule has 1 aliphatic rings. The monoisotopic (exact) mass is 388 g/mol. The Morgan fingerprint density at radius 3 is 2.59 bits per heavy atom. The third-order valence-corrected chi connectivity index (χ3v) is 5.43. The lowest BCUT2D eigenvalue weighted by atomic mass is 10.1. The van der Waals surface area contributed by atoms with Gasteiger partial charge in [0.1, 0.15) is 5.82 Å². The molecule has 1 saturated heterocycles. The summed E-state index contributed by atoms with van der Waals surface area (Å²) in [6, 6.07) is 20.4. The van der Waals surface area contributed by atoms with Crippen LogP contribution in [0.3, 0.4) is 0 Å². The maximum Gasteiger partial charge on any atom is 0.255 e. The maximum absolute atomic E-state index is 13.0. The Morgan fingerprint density at radius 2 is 1.79 bits per heavy atom. The summed E-state index contributed by atoms with van der Waals surface area (Å²) in [7, 11) is 2.08. The molecule has 2 aromatic carbocycles. The van der Waals surface area contributed by atoms with Gasteiger partial charge in [-0.3, -0.25) is 4.79 Å². The molecule has 0 saturated carbocycles. The Morgan fingerprint density at radius 1 is 1.07 bits per heavy atom. The zero-order chi connectivity index (χ0) is 20.1. The van der Waals surface area contributed by atoms with Gasteiger partial charge in [0.15, 0.2) is 0 Å². The lowest BCUT2D eigenvalue weighted by molar-refractivity contribution is 0.0950. The Bertz CT molecular complexity index is 967. The van der Waals surface area contributed by atoms with E-state index in [2.05, 4.69) is 46.4 Å². The summed E-state index contributed by atoms with van der Waals surface area (Å²) in [6.45, 7) is 4.19. The van der Waals surface area contributed by atoms with Crippen LogP contribution in [0.4, 0.5) is 5.82 Å². The molecule has 150 valence electrons. The number of para-hydroxylation sites is 1. The molecule has 5 heteroatoms. The van der Waals surface area contributed by atoms with E-state index in [4.69, 9.17) is 4.98 Å². The zero-order valence-corrected chi connectivity index (χ0v) is 17.0. The van der Waals surface area contributed by atoms with Gasteiger partial charge < -0.3 is 15.1 Å². The van der Waals surface area contributed by atoms with E-state index in [1.165, 1.54) is 5.56 Å². The van der Waals surface area contributed by atoms with Crippen LogP contribution in [0.1, 0.15) is 28.8 Å². The fourth-order valence-electron chi connectivity index (χ4n) is 3.87. The number of fused-ring (bicyclic) bond motifs is 1. The van der Waals surface area contributed by atoms with Crippen molar-refractivity contribution in [1.82, 2.24) is 15.2 Å². The number of hydrogen-bond donors (Lipinski definition) is 1. The van der Waals surface area contributed by atoms with Crippen LogP contribution in [0.2, 0.25) is 0 Å². The van der Waals surface area contributed by atoms with Gasteiger partial charge in [-0.1, -0.05) is 48.5 Å². The van der Waals surface area contributed by atoms with E-state index in [-0.39, 0.29) is 5.91 Å². The van der Waals surface area contributed by atoms with Crippen LogP contribution >= 0.6 is 0 Å². The van der Waals surface area contributed by atoms with Gasteiger partial charge in [-0.2, -0.15) is 0 Å². The molecule has 1 fully saturated rings. The second kappa shape index (κ2) is 9.05. The minimum atomic E-state index is -0.0433. The number of benzene rings is 2. The van der Waals surface area contributed by atoms with E-state index in [1.54, 1.807) is 0 Å². The highest BCUT2D eigenvalue weighted by Gasteiger charge is 2.22. The first kappa shape index (κ1) is 19.4. The Kier molecular flexibility index (Phi) is 6.06. The number of carbonyl (C=O) groups is 1. The van der Waals surface area contributed by atoms with Crippen LogP contribution in [0.5, 0.6) is 0 Å². The summed E-state index contributed by atoms with van der Waals surface area (Å²) in [4.78, 5) is 22.3. The second-order valence-corrected chi connectivity index (χ2v) is 7.73. The van der Waals surface area contributed by atoms with E-state index < -0.39 is 0 Å². The van der Waals surface area contributed by atoms with Crippen LogP contribution in [0.15, 0.2) is 60.7 Å². The predicted octanol–water partition coefficient (Wildman–Crippen LogP) is 3.70. The van der Waals surface area contributed by atoms with Crippen molar-refractivity contribution in [2.75, 3.05) is 38.1 Å². The molecule has 1 aromatic heterocycles. The third-order valence-electron chi connectivity index (χ3n) is 5.43. The first-order valence-corrected chi connectivity index (χ1v) is 10.4. The molecule has 0 spiro atoms. The number of nitrogens with one attached hydrogen (secondary N) is 1. The van der Waals surface area contributed by atoms with Crippen LogP contribution in [0.25, 0.3) is 10.9 Å². The SMILES string of the molecule is CN(CCNC(=O)c1cc2ccccc2nc1N1CCCC1)Cc1ccccc1. The number of amides is 1. The van der Waals surface area contributed by atoms with Crippen molar-refractivity contribution in [3.63, 3.8) is 0 Å². The molecule has 2 heterocycles. The summed E-state index contributed by atoms with van der Waals surface area (Å²) in [6.07, 6.45) is 2.31. The van der Waals surface area contributed by atoms with Crippen LogP contribution in [0, 0.1) is 0 Å². The van der Waals surface area contributed by atoms with Crippen molar-refractivity contribution in [3.05, 3.63) is 71.8 Å². The summed E-state index contributed by atoms with van der Waals surface area (Å²) in [5, 5.41) is 4.10. The van der Waals surface area contributed by atoms with E-state index >= 15 is 0 Å². The molecule has 1 N–H and O–H groups in total. The molecule has 0 aliphatic carbocycles. The van der Waals surface area contributed by atoms with Gasteiger partial charge in [-0.05, 0) is 37.6 Å².